The monoisotopic (exact) mass is 383 g/mol. The molecule has 1 heterocycles. The van der Waals surface area contributed by atoms with E-state index in [4.69, 9.17) is 16.6 Å². The van der Waals surface area contributed by atoms with Gasteiger partial charge in [-0.25, -0.2) is 4.98 Å². The minimum Gasteiger partial charge on any atom is -0.308 e. The molecule has 0 unspecified atom stereocenters. The van der Waals surface area contributed by atoms with E-state index in [0.29, 0.717) is 16.2 Å². The van der Waals surface area contributed by atoms with Crippen molar-refractivity contribution in [3.63, 3.8) is 0 Å². The molecule has 1 N–H and O–H groups in total. The van der Waals surface area contributed by atoms with E-state index in [9.17, 15) is 4.79 Å². The molecule has 5 heteroatoms. The number of para-hydroxylation sites is 1. The SMILES string of the molecule is CCCCCN[C@@H](C)c1nc2ccccc2c(=O)n1-c1cccc(Cl)c1C. The number of benzene rings is 2. The fraction of sp³-hybridized carbons (Fsp3) is 0.364. The quantitative estimate of drug-likeness (QED) is 0.571. The van der Waals surface area contributed by atoms with Crippen molar-refractivity contribution in [3.8, 4) is 5.69 Å². The summed E-state index contributed by atoms with van der Waals surface area (Å²) in [5.41, 5.74) is 2.31. The second kappa shape index (κ2) is 8.68. The Morgan fingerprint density at radius 3 is 2.70 bits per heavy atom. The molecule has 0 bridgehead atoms. The van der Waals surface area contributed by atoms with Crippen LogP contribution in [-0.2, 0) is 0 Å². The molecule has 1 atom stereocenters. The molecular weight excluding hydrogens is 358 g/mol. The molecule has 2 aromatic carbocycles. The van der Waals surface area contributed by atoms with Crippen LogP contribution in [0.1, 0.15) is 50.5 Å². The summed E-state index contributed by atoms with van der Waals surface area (Å²) in [5, 5.41) is 4.77. The van der Waals surface area contributed by atoms with Gasteiger partial charge in [0.25, 0.3) is 5.56 Å². The molecule has 142 valence electrons. The minimum absolute atomic E-state index is 0.0578. The Balaban J connectivity index is 2.16. The van der Waals surface area contributed by atoms with E-state index >= 15 is 0 Å². The number of nitrogens with zero attached hydrogens (tertiary/aromatic N) is 2. The van der Waals surface area contributed by atoms with Gasteiger partial charge in [0.15, 0.2) is 0 Å². The summed E-state index contributed by atoms with van der Waals surface area (Å²) < 4.78 is 1.71. The average Bonchev–Trinajstić information content (AvgIpc) is 2.67. The van der Waals surface area contributed by atoms with Crippen LogP contribution in [0.3, 0.4) is 0 Å². The van der Waals surface area contributed by atoms with Gasteiger partial charge in [-0.2, -0.15) is 0 Å². The van der Waals surface area contributed by atoms with Gasteiger partial charge in [0.05, 0.1) is 22.6 Å². The van der Waals surface area contributed by atoms with Crippen LogP contribution in [0.4, 0.5) is 0 Å². The minimum atomic E-state index is -0.0665. The van der Waals surface area contributed by atoms with Crippen LogP contribution >= 0.6 is 11.6 Å². The van der Waals surface area contributed by atoms with E-state index in [1.807, 2.05) is 49.4 Å². The van der Waals surface area contributed by atoms with Crippen molar-refractivity contribution in [2.24, 2.45) is 0 Å². The Morgan fingerprint density at radius 2 is 1.93 bits per heavy atom. The number of halogens is 1. The molecule has 1 aromatic heterocycles. The van der Waals surface area contributed by atoms with Crippen molar-refractivity contribution in [2.75, 3.05) is 6.54 Å². The fourth-order valence-corrected chi connectivity index (χ4v) is 3.47. The first kappa shape index (κ1) is 19.6. The number of rotatable bonds is 7. The smallest absolute Gasteiger partial charge is 0.266 e. The van der Waals surface area contributed by atoms with Gasteiger partial charge in [0, 0.05) is 5.02 Å². The predicted molar refractivity (Wildman–Crippen MR) is 113 cm³/mol. The molecule has 3 rings (SSSR count). The molecule has 3 aromatic rings. The highest BCUT2D eigenvalue weighted by Crippen LogP contribution is 2.24. The second-order valence-corrected chi connectivity index (χ2v) is 7.30. The molecule has 0 aliphatic rings. The summed E-state index contributed by atoms with van der Waals surface area (Å²) >= 11 is 6.33. The number of hydrogen-bond donors (Lipinski definition) is 1. The van der Waals surface area contributed by atoms with E-state index in [1.165, 1.54) is 12.8 Å². The van der Waals surface area contributed by atoms with Crippen LogP contribution in [0, 0.1) is 6.92 Å². The lowest BCUT2D eigenvalue weighted by Crippen LogP contribution is -2.31. The van der Waals surface area contributed by atoms with Gasteiger partial charge in [-0.1, -0.05) is 49.6 Å². The van der Waals surface area contributed by atoms with E-state index in [0.717, 1.165) is 29.7 Å². The Hall–Kier alpha value is -2.17. The lowest BCUT2D eigenvalue weighted by Gasteiger charge is -2.21. The van der Waals surface area contributed by atoms with Crippen molar-refractivity contribution in [1.82, 2.24) is 14.9 Å². The van der Waals surface area contributed by atoms with Gasteiger partial charge in [-0.3, -0.25) is 9.36 Å². The molecule has 4 nitrogen and oxygen atoms in total. The van der Waals surface area contributed by atoms with Crippen LogP contribution in [-0.4, -0.2) is 16.1 Å². The van der Waals surface area contributed by atoms with Crippen LogP contribution < -0.4 is 10.9 Å². The van der Waals surface area contributed by atoms with Gasteiger partial charge in [0.1, 0.15) is 5.82 Å². The summed E-state index contributed by atoms with van der Waals surface area (Å²) in [7, 11) is 0. The van der Waals surface area contributed by atoms with Gasteiger partial charge in [-0.15, -0.1) is 0 Å². The normalized spacial score (nSPS) is 12.4. The standard InChI is InChI=1S/C22H26ClN3O/c1-4-5-8-14-24-16(3)21-25-19-12-7-6-10-17(19)22(27)26(21)20-13-9-11-18(23)15(20)2/h6-7,9-13,16,24H,4-5,8,14H2,1-3H3/t16-/m0/s1. The third-order valence-electron chi connectivity index (χ3n) is 4.90. The van der Waals surface area contributed by atoms with Gasteiger partial charge < -0.3 is 5.32 Å². The maximum absolute atomic E-state index is 13.3. The first-order chi connectivity index (χ1) is 13.0. The van der Waals surface area contributed by atoms with Gasteiger partial charge in [-0.05, 0) is 56.6 Å². The predicted octanol–water partition coefficient (Wildman–Crippen LogP) is 5.19. The number of nitrogens with one attached hydrogen (secondary N) is 1. The zero-order chi connectivity index (χ0) is 19.4. The zero-order valence-electron chi connectivity index (χ0n) is 16.1. The molecule has 0 spiro atoms. The van der Waals surface area contributed by atoms with Crippen LogP contribution in [0.2, 0.25) is 5.02 Å². The Kier molecular flexibility index (Phi) is 6.30. The number of unbranched alkanes of at least 4 members (excludes halogenated alkanes) is 2. The van der Waals surface area contributed by atoms with E-state index in [1.54, 1.807) is 4.57 Å². The number of fused-ring (bicyclic) bond motifs is 1. The van der Waals surface area contributed by atoms with Crippen molar-refractivity contribution in [1.29, 1.82) is 0 Å². The summed E-state index contributed by atoms with van der Waals surface area (Å²) in [6.07, 6.45) is 3.47. The maximum atomic E-state index is 13.3. The van der Waals surface area contributed by atoms with Crippen LogP contribution in [0.25, 0.3) is 16.6 Å². The third kappa shape index (κ3) is 4.07. The summed E-state index contributed by atoms with van der Waals surface area (Å²) in [4.78, 5) is 18.2. The lowest BCUT2D eigenvalue weighted by atomic mass is 10.1. The van der Waals surface area contributed by atoms with Crippen molar-refractivity contribution in [2.45, 2.75) is 46.1 Å². The molecule has 0 saturated heterocycles. The molecule has 27 heavy (non-hydrogen) atoms. The van der Waals surface area contributed by atoms with Crippen LogP contribution in [0.5, 0.6) is 0 Å². The van der Waals surface area contributed by atoms with E-state index in [2.05, 4.69) is 19.2 Å². The maximum Gasteiger partial charge on any atom is 0.266 e. The Morgan fingerprint density at radius 1 is 1.15 bits per heavy atom. The Labute approximate surface area is 165 Å². The van der Waals surface area contributed by atoms with E-state index in [-0.39, 0.29) is 11.6 Å². The molecular formula is C22H26ClN3O. The topological polar surface area (TPSA) is 46.9 Å². The lowest BCUT2D eigenvalue weighted by molar-refractivity contribution is 0.513. The first-order valence-corrected chi connectivity index (χ1v) is 9.93. The fourth-order valence-electron chi connectivity index (χ4n) is 3.30. The summed E-state index contributed by atoms with van der Waals surface area (Å²) in [6.45, 7) is 7.07. The average molecular weight is 384 g/mol. The molecule has 0 aliphatic carbocycles. The van der Waals surface area contributed by atoms with Gasteiger partial charge >= 0.3 is 0 Å². The molecule has 0 saturated carbocycles. The molecule has 0 amide bonds. The Bertz CT molecular complexity index is 997. The van der Waals surface area contributed by atoms with Crippen molar-refractivity contribution in [3.05, 3.63) is 69.2 Å². The second-order valence-electron chi connectivity index (χ2n) is 6.89. The molecule has 0 fully saturated rings. The van der Waals surface area contributed by atoms with Crippen molar-refractivity contribution >= 4 is 22.5 Å². The summed E-state index contributed by atoms with van der Waals surface area (Å²) in [6, 6.07) is 13.1. The van der Waals surface area contributed by atoms with Crippen molar-refractivity contribution < 1.29 is 0 Å². The molecule has 0 aliphatic heterocycles. The first-order valence-electron chi connectivity index (χ1n) is 9.55. The summed E-state index contributed by atoms with van der Waals surface area (Å²) in [5.74, 6) is 0.709. The largest absolute Gasteiger partial charge is 0.308 e. The van der Waals surface area contributed by atoms with Gasteiger partial charge in [0.2, 0.25) is 0 Å². The molecule has 0 radical (unpaired) electrons. The highest BCUT2D eigenvalue weighted by atomic mass is 35.5. The number of hydrogen-bond acceptors (Lipinski definition) is 3. The zero-order valence-corrected chi connectivity index (χ0v) is 16.9. The number of aromatic nitrogens is 2. The van der Waals surface area contributed by atoms with E-state index < -0.39 is 0 Å². The highest BCUT2D eigenvalue weighted by Gasteiger charge is 2.19. The van der Waals surface area contributed by atoms with Crippen LogP contribution in [0.15, 0.2) is 47.3 Å². The highest BCUT2D eigenvalue weighted by molar-refractivity contribution is 6.31. The third-order valence-corrected chi connectivity index (χ3v) is 5.31.